The largest absolute Gasteiger partial charge is 0.481 e. The van der Waals surface area contributed by atoms with Gasteiger partial charge in [-0.05, 0) is 18.6 Å². The molecule has 0 aliphatic carbocycles. The molecule has 0 aliphatic heterocycles. The zero-order valence-electron chi connectivity index (χ0n) is 15.1. The fourth-order valence-corrected chi connectivity index (χ4v) is 3.23. The van der Waals surface area contributed by atoms with Gasteiger partial charge in [0.05, 0.1) is 11.3 Å². The predicted octanol–water partition coefficient (Wildman–Crippen LogP) is 2.44. The van der Waals surface area contributed by atoms with E-state index < -0.39 is 17.9 Å². The lowest BCUT2D eigenvalue weighted by Gasteiger charge is -2.19. The van der Waals surface area contributed by atoms with Crippen LogP contribution >= 0.6 is 11.8 Å². The first kappa shape index (κ1) is 22.6. The first-order valence-electron chi connectivity index (χ1n) is 8.27. The Hall–Kier alpha value is -1.37. The van der Waals surface area contributed by atoms with E-state index in [0.717, 1.165) is 0 Å². The van der Waals surface area contributed by atoms with Gasteiger partial charge in [0.1, 0.15) is 5.78 Å². The molecule has 2 N–H and O–H groups in total. The molecule has 0 heterocycles. The van der Waals surface area contributed by atoms with Crippen molar-refractivity contribution in [1.29, 1.82) is 0 Å². The van der Waals surface area contributed by atoms with Gasteiger partial charge in [0.15, 0.2) is 5.78 Å². The van der Waals surface area contributed by atoms with Crippen molar-refractivity contribution in [2.75, 3.05) is 0 Å². The highest BCUT2D eigenvalue weighted by Crippen LogP contribution is 2.19. The van der Waals surface area contributed by atoms with E-state index in [0.29, 0.717) is 5.25 Å². The van der Waals surface area contributed by atoms with Crippen LogP contribution < -0.4 is 5.32 Å². The third kappa shape index (κ3) is 9.70. The van der Waals surface area contributed by atoms with Crippen molar-refractivity contribution in [2.24, 2.45) is 5.92 Å². The molecule has 0 spiro atoms. The Morgan fingerprint density at radius 1 is 0.958 bits per heavy atom. The number of aliphatic carboxylic acids is 1. The summed E-state index contributed by atoms with van der Waals surface area (Å²) in [6.45, 7) is 9.24. The summed E-state index contributed by atoms with van der Waals surface area (Å²) < 4.78 is 0. The average Bonchev–Trinajstić information content (AvgIpc) is 2.47. The van der Waals surface area contributed by atoms with Gasteiger partial charge < -0.3 is 10.4 Å². The smallest absolute Gasteiger partial charge is 0.303 e. The lowest BCUT2D eigenvalue weighted by Crippen LogP contribution is -2.43. The number of carboxylic acid groups (broad SMARTS) is 1. The van der Waals surface area contributed by atoms with Gasteiger partial charge in [-0.2, -0.15) is 0 Å². The number of amides is 1. The zero-order chi connectivity index (χ0) is 18.9. The third-order valence-electron chi connectivity index (χ3n) is 3.42. The van der Waals surface area contributed by atoms with Crippen LogP contribution in [0.5, 0.6) is 0 Å². The maximum atomic E-state index is 12.1. The predicted molar refractivity (Wildman–Crippen MR) is 95.1 cm³/mol. The van der Waals surface area contributed by atoms with Crippen molar-refractivity contribution < 1.29 is 24.3 Å². The van der Waals surface area contributed by atoms with Crippen LogP contribution in [0.3, 0.4) is 0 Å². The number of nitrogens with one attached hydrogen (secondary N) is 1. The minimum atomic E-state index is -1.01. The number of ketones is 2. The van der Waals surface area contributed by atoms with E-state index in [-0.39, 0.29) is 48.4 Å². The fourth-order valence-electron chi connectivity index (χ4n) is 2.15. The number of rotatable bonds is 12. The molecular weight excluding hydrogens is 330 g/mol. The second-order valence-corrected chi connectivity index (χ2v) is 8.33. The van der Waals surface area contributed by atoms with Crippen LogP contribution in [0, 0.1) is 5.92 Å². The van der Waals surface area contributed by atoms with Gasteiger partial charge in [0.25, 0.3) is 0 Å². The van der Waals surface area contributed by atoms with Crippen LogP contribution in [-0.4, -0.2) is 45.1 Å². The van der Waals surface area contributed by atoms with Crippen molar-refractivity contribution in [1.82, 2.24) is 5.32 Å². The number of hydrogen-bond acceptors (Lipinski definition) is 5. The molecule has 1 amide bonds. The van der Waals surface area contributed by atoms with E-state index in [1.165, 1.54) is 0 Å². The van der Waals surface area contributed by atoms with Gasteiger partial charge in [-0.3, -0.25) is 19.2 Å². The van der Waals surface area contributed by atoms with Gasteiger partial charge in [-0.25, -0.2) is 0 Å². The topological polar surface area (TPSA) is 101 Å². The first-order chi connectivity index (χ1) is 11.0. The number of Topliss-reactive ketones (excluding diaryl/α,β-unsaturated/α-hetero) is 2. The molecule has 0 aromatic carbocycles. The summed E-state index contributed by atoms with van der Waals surface area (Å²) >= 11 is 1.55. The Bertz CT molecular complexity index is 462. The maximum Gasteiger partial charge on any atom is 0.303 e. The third-order valence-corrected chi connectivity index (χ3v) is 4.64. The summed E-state index contributed by atoms with van der Waals surface area (Å²) in [4.78, 5) is 46.8. The number of carboxylic acids is 1. The minimum absolute atomic E-state index is 0.00104. The van der Waals surface area contributed by atoms with Gasteiger partial charge in [-0.1, -0.05) is 27.7 Å². The van der Waals surface area contributed by atoms with Crippen molar-refractivity contribution in [2.45, 2.75) is 76.8 Å². The Morgan fingerprint density at radius 2 is 1.54 bits per heavy atom. The van der Waals surface area contributed by atoms with E-state index in [2.05, 4.69) is 5.32 Å². The number of carbonyl (C=O) groups is 4. The second kappa shape index (κ2) is 11.2. The van der Waals surface area contributed by atoms with Crippen molar-refractivity contribution >= 4 is 35.2 Å². The highest BCUT2D eigenvalue weighted by molar-refractivity contribution is 8.01. The Balaban J connectivity index is 4.52. The molecule has 0 saturated heterocycles. The summed E-state index contributed by atoms with van der Waals surface area (Å²) in [5.74, 6) is -1.90. The molecule has 0 rings (SSSR count). The monoisotopic (exact) mass is 359 g/mol. The first-order valence-corrected chi connectivity index (χ1v) is 9.21. The highest BCUT2D eigenvalue weighted by Gasteiger charge is 2.24. The molecule has 1 unspecified atom stereocenters. The summed E-state index contributed by atoms with van der Waals surface area (Å²) in [6, 6.07) is -0.814. The number of carbonyl (C=O) groups excluding carboxylic acids is 3. The van der Waals surface area contributed by atoms with E-state index in [1.54, 1.807) is 25.6 Å². The van der Waals surface area contributed by atoms with Gasteiger partial charge in [0.2, 0.25) is 5.91 Å². The summed E-state index contributed by atoms with van der Waals surface area (Å²) in [6.07, 6.45) is 0.00104. The summed E-state index contributed by atoms with van der Waals surface area (Å²) in [5, 5.41) is 11.5. The van der Waals surface area contributed by atoms with Gasteiger partial charge >= 0.3 is 5.97 Å². The highest BCUT2D eigenvalue weighted by atomic mass is 32.2. The Labute approximate surface area is 148 Å². The van der Waals surface area contributed by atoms with Crippen LogP contribution in [0.2, 0.25) is 0 Å². The molecule has 0 aliphatic rings. The van der Waals surface area contributed by atoms with E-state index in [9.17, 15) is 19.2 Å². The van der Waals surface area contributed by atoms with Crippen LogP contribution in [0.1, 0.15) is 60.3 Å². The average molecular weight is 359 g/mol. The molecule has 0 fully saturated rings. The van der Waals surface area contributed by atoms with E-state index in [4.69, 9.17) is 5.11 Å². The normalized spacial score (nSPS) is 13.6. The molecule has 138 valence electrons. The second-order valence-electron chi connectivity index (χ2n) is 6.40. The molecule has 0 saturated carbocycles. The Morgan fingerprint density at radius 3 is 2.00 bits per heavy atom. The minimum Gasteiger partial charge on any atom is -0.481 e. The maximum absolute atomic E-state index is 12.1. The van der Waals surface area contributed by atoms with Crippen LogP contribution in [0.4, 0.5) is 0 Å². The molecule has 24 heavy (non-hydrogen) atoms. The standard InChI is InChI=1S/C17H29NO5S/c1-10(2)17(23)13(6-9-16(21)22)18-15(20)8-7-14(19)12(5)24-11(3)4/h10-13H,6-9H2,1-5H3,(H,18,20)(H,21,22)/t12?,13-/m0/s1. The lowest BCUT2D eigenvalue weighted by atomic mass is 9.97. The van der Waals surface area contributed by atoms with E-state index >= 15 is 0 Å². The molecule has 0 aromatic heterocycles. The lowest BCUT2D eigenvalue weighted by molar-refractivity contribution is -0.138. The van der Waals surface area contributed by atoms with Crippen LogP contribution in [0.25, 0.3) is 0 Å². The van der Waals surface area contributed by atoms with Crippen molar-refractivity contribution in [3.05, 3.63) is 0 Å². The van der Waals surface area contributed by atoms with E-state index in [1.807, 2.05) is 20.8 Å². The zero-order valence-corrected chi connectivity index (χ0v) is 15.9. The summed E-state index contributed by atoms with van der Waals surface area (Å²) in [7, 11) is 0. The van der Waals surface area contributed by atoms with Crippen molar-refractivity contribution in [3.8, 4) is 0 Å². The molecular formula is C17H29NO5S. The van der Waals surface area contributed by atoms with Crippen LogP contribution in [-0.2, 0) is 19.2 Å². The SMILES string of the molecule is CC(C)SC(C)C(=O)CCC(=O)N[C@@H](CCC(=O)O)C(=O)C(C)C. The number of hydrogen-bond donors (Lipinski definition) is 2. The van der Waals surface area contributed by atoms with Gasteiger partial charge in [-0.15, -0.1) is 11.8 Å². The van der Waals surface area contributed by atoms with Crippen molar-refractivity contribution in [3.63, 3.8) is 0 Å². The summed E-state index contributed by atoms with van der Waals surface area (Å²) in [5.41, 5.74) is 0. The molecule has 2 atom stereocenters. The molecule has 0 radical (unpaired) electrons. The number of thioether (sulfide) groups is 1. The fraction of sp³-hybridized carbons (Fsp3) is 0.765. The molecule has 0 aromatic rings. The molecule has 7 heteroatoms. The van der Waals surface area contributed by atoms with Gasteiger partial charge in [0, 0.05) is 25.2 Å². The van der Waals surface area contributed by atoms with Crippen LogP contribution in [0.15, 0.2) is 0 Å². The molecule has 0 bridgehead atoms. The quantitative estimate of drug-likeness (QED) is 0.555. The molecule has 6 nitrogen and oxygen atoms in total. The Kier molecular flexibility index (Phi) is 10.6.